The Hall–Kier alpha value is -7.29. The lowest BCUT2D eigenvalue weighted by Crippen LogP contribution is -1.96. The Morgan fingerprint density at radius 2 is 0.618 bits per heavy atom. The maximum Gasteiger partial charge on any atom is 0.0715 e. The van der Waals surface area contributed by atoms with E-state index in [1.165, 1.54) is 55.2 Å². The van der Waals surface area contributed by atoms with Crippen molar-refractivity contribution in [3.63, 3.8) is 0 Å². The molecule has 0 atom stereocenters. The van der Waals surface area contributed by atoms with E-state index in [-0.39, 0.29) is 0 Å². The summed E-state index contributed by atoms with van der Waals surface area (Å²) in [4.78, 5) is 5.08. The number of fused-ring (bicyclic) bond motifs is 3. The second-order valence-corrected chi connectivity index (χ2v) is 14.0. The molecule has 0 bridgehead atoms. The van der Waals surface area contributed by atoms with Crippen molar-refractivity contribution in [1.82, 2.24) is 9.55 Å². The van der Waals surface area contributed by atoms with Gasteiger partial charge in [0.2, 0.25) is 0 Å². The molecule has 0 radical (unpaired) electrons. The molecule has 258 valence electrons. The molecule has 10 aromatic rings. The Morgan fingerprint density at radius 3 is 1.16 bits per heavy atom. The van der Waals surface area contributed by atoms with Crippen molar-refractivity contribution in [3.8, 4) is 72.7 Å². The molecule has 2 heteroatoms. The first-order valence-corrected chi connectivity index (χ1v) is 18.8. The summed E-state index contributed by atoms with van der Waals surface area (Å²) in [5.74, 6) is 0. The first-order chi connectivity index (χ1) is 27.2. The van der Waals surface area contributed by atoms with Crippen LogP contribution in [0.25, 0.3) is 94.5 Å². The first-order valence-electron chi connectivity index (χ1n) is 18.8. The molecule has 0 aliphatic rings. The van der Waals surface area contributed by atoms with Crippen molar-refractivity contribution >= 4 is 21.8 Å². The molecule has 2 heterocycles. The second kappa shape index (κ2) is 13.9. The van der Waals surface area contributed by atoms with Crippen molar-refractivity contribution < 1.29 is 0 Å². The molecule has 0 saturated carbocycles. The summed E-state index contributed by atoms with van der Waals surface area (Å²) in [5.41, 5.74) is 17.1. The van der Waals surface area contributed by atoms with Crippen molar-refractivity contribution in [2.75, 3.05) is 0 Å². The topological polar surface area (TPSA) is 17.8 Å². The van der Waals surface area contributed by atoms with E-state index in [0.29, 0.717) is 0 Å². The zero-order valence-electron chi connectivity index (χ0n) is 30.2. The minimum absolute atomic E-state index is 0.965. The molecule has 0 fully saturated rings. The molecule has 0 unspecified atom stereocenters. The smallest absolute Gasteiger partial charge is 0.0715 e. The van der Waals surface area contributed by atoms with E-state index in [2.05, 4.69) is 211 Å². The lowest BCUT2D eigenvalue weighted by molar-refractivity contribution is 1.18. The van der Waals surface area contributed by atoms with E-state index in [4.69, 9.17) is 4.98 Å². The van der Waals surface area contributed by atoms with Crippen LogP contribution >= 0.6 is 0 Å². The van der Waals surface area contributed by atoms with E-state index in [1.54, 1.807) is 0 Å². The van der Waals surface area contributed by atoms with Gasteiger partial charge >= 0.3 is 0 Å². The molecule has 0 N–H and O–H groups in total. The highest BCUT2D eigenvalue weighted by molar-refractivity contribution is 6.09. The summed E-state index contributed by atoms with van der Waals surface area (Å²) in [7, 11) is 0. The van der Waals surface area contributed by atoms with Gasteiger partial charge in [-0.15, -0.1) is 0 Å². The van der Waals surface area contributed by atoms with Gasteiger partial charge in [-0.2, -0.15) is 0 Å². The number of hydrogen-bond donors (Lipinski definition) is 0. The molecule has 2 nitrogen and oxygen atoms in total. The molecule has 2 aromatic heterocycles. The normalized spacial score (nSPS) is 11.3. The van der Waals surface area contributed by atoms with Crippen LogP contribution in [-0.4, -0.2) is 9.55 Å². The first kappa shape index (κ1) is 32.4. The fraction of sp³-hybridized carbons (Fsp3) is 0. The van der Waals surface area contributed by atoms with Crippen LogP contribution < -0.4 is 0 Å². The number of pyridine rings is 1. The van der Waals surface area contributed by atoms with E-state index in [0.717, 1.165) is 39.3 Å². The number of para-hydroxylation sites is 2. The van der Waals surface area contributed by atoms with Gasteiger partial charge in [-0.25, -0.2) is 4.98 Å². The monoisotopic (exact) mass is 700 g/mol. The van der Waals surface area contributed by atoms with E-state index >= 15 is 0 Å². The third kappa shape index (κ3) is 6.20. The maximum atomic E-state index is 5.08. The van der Waals surface area contributed by atoms with Gasteiger partial charge in [0, 0.05) is 27.6 Å². The lowest BCUT2D eigenvalue weighted by atomic mass is 9.94. The molecule has 8 aromatic carbocycles. The number of aromatic nitrogens is 2. The lowest BCUT2D eigenvalue weighted by Gasteiger charge is -2.15. The minimum atomic E-state index is 0.965. The third-order valence-corrected chi connectivity index (χ3v) is 10.6. The minimum Gasteiger partial charge on any atom is -0.309 e. The summed E-state index contributed by atoms with van der Waals surface area (Å²) in [6.45, 7) is 0. The number of hydrogen-bond acceptors (Lipinski definition) is 1. The summed E-state index contributed by atoms with van der Waals surface area (Å²) in [5, 5.41) is 2.52. The number of benzene rings is 8. The Labute approximate surface area is 321 Å². The number of nitrogens with zero attached hydrogens (tertiary/aromatic N) is 2. The third-order valence-electron chi connectivity index (χ3n) is 10.6. The van der Waals surface area contributed by atoms with Crippen LogP contribution in [0.2, 0.25) is 0 Å². The molecular weight excluding hydrogens is 665 g/mol. The summed E-state index contributed by atoms with van der Waals surface area (Å²) in [6, 6.07) is 78.3. The second-order valence-electron chi connectivity index (χ2n) is 14.0. The molecule has 55 heavy (non-hydrogen) atoms. The van der Waals surface area contributed by atoms with Gasteiger partial charge in [0.15, 0.2) is 0 Å². The van der Waals surface area contributed by atoms with Crippen LogP contribution in [0.1, 0.15) is 0 Å². The van der Waals surface area contributed by atoms with Gasteiger partial charge in [-0.1, -0.05) is 170 Å². The van der Waals surface area contributed by atoms with Crippen LogP contribution in [0, 0.1) is 0 Å². The van der Waals surface area contributed by atoms with Gasteiger partial charge in [-0.3, -0.25) is 0 Å². The van der Waals surface area contributed by atoms with E-state index in [1.807, 2.05) is 12.1 Å². The van der Waals surface area contributed by atoms with Crippen LogP contribution in [0.3, 0.4) is 0 Å². The quantitative estimate of drug-likeness (QED) is 0.162. The Kier molecular flexibility index (Phi) is 8.20. The Balaban J connectivity index is 1.05. The molecule has 0 aliphatic carbocycles. The van der Waals surface area contributed by atoms with Crippen molar-refractivity contribution in [3.05, 3.63) is 218 Å². The Morgan fingerprint density at radius 1 is 0.255 bits per heavy atom. The van der Waals surface area contributed by atoms with Crippen LogP contribution in [0.15, 0.2) is 218 Å². The fourth-order valence-electron chi connectivity index (χ4n) is 7.85. The zero-order chi connectivity index (χ0) is 36.6. The highest BCUT2D eigenvalue weighted by atomic mass is 15.0. The van der Waals surface area contributed by atoms with E-state index in [9.17, 15) is 0 Å². The Bertz CT molecular complexity index is 2830. The molecular formula is C53H36N2. The SMILES string of the molecule is c1ccc(-c2cc(-c3cccc(-c4ccc(-c5cc(-c6ccccc6)nc(-c6ccccc6)c5)cc4)c3)cc(-n3c4ccccc4c4ccccc43)c2)cc1. The fourth-order valence-corrected chi connectivity index (χ4v) is 7.85. The standard InChI is InChI=1S/C53H36N2/c1-4-15-37(16-5-1)44-32-45(34-47(33-44)55-52-25-12-10-23-48(52)49-24-11-13-26-53(49)55)43-22-14-21-42(31-43)38-27-29-39(30-28-38)46-35-50(40-17-6-2-7-18-40)54-51(36-46)41-19-8-3-9-20-41/h1-36H. The molecule has 0 spiro atoms. The maximum absolute atomic E-state index is 5.08. The molecule has 0 amide bonds. The molecule has 10 rings (SSSR count). The summed E-state index contributed by atoms with van der Waals surface area (Å²) in [6.07, 6.45) is 0. The van der Waals surface area contributed by atoms with Gasteiger partial charge in [0.1, 0.15) is 0 Å². The van der Waals surface area contributed by atoms with Crippen molar-refractivity contribution in [2.45, 2.75) is 0 Å². The highest BCUT2D eigenvalue weighted by Crippen LogP contribution is 2.37. The van der Waals surface area contributed by atoms with E-state index < -0.39 is 0 Å². The van der Waals surface area contributed by atoms with Crippen molar-refractivity contribution in [1.29, 1.82) is 0 Å². The largest absolute Gasteiger partial charge is 0.309 e. The average Bonchev–Trinajstić information content (AvgIpc) is 3.61. The highest BCUT2D eigenvalue weighted by Gasteiger charge is 2.15. The van der Waals surface area contributed by atoms with Gasteiger partial charge in [-0.05, 0) is 93.0 Å². The predicted octanol–water partition coefficient (Wildman–Crippen LogP) is 14.2. The van der Waals surface area contributed by atoms with Crippen LogP contribution in [0.5, 0.6) is 0 Å². The van der Waals surface area contributed by atoms with Gasteiger partial charge in [0.25, 0.3) is 0 Å². The predicted molar refractivity (Wildman–Crippen MR) is 231 cm³/mol. The summed E-state index contributed by atoms with van der Waals surface area (Å²) >= 11 is 0. The van der Waals surface area contributed by atoms with Gasteiger partial charge in [0.05, 0.1) is 22.4 Å². The summed E-state index contributed by atoms with van der Waals surface area (Å²) < 4.78 is 2.41. The average molecular weight is 701 g/mol. The zero-order valence-corrected chi connectivity index (χ0v) is 30.2. The molecule has 0 aliphatic heterocycles. The molecule has 0 saturated heterocycles. The van der Waals surface area contributed by atoms with Crippen molar-refractivity contribution in [2.24, 2.45) is 0 Å². The van der Waals surface area contributed by atoms with Gasteiger partial charge < -0.3 is 4.57 Å². The van der Waals surface area contributed by atoms with Crippen LogP contribution in [0.4, 0.5) is 0 Å². The van der Waals surface area contributed by atoms with Crippen LogP contribution in [-0.2, 0) is 0 Å². The number of rotatable bonds is 7.